The minimum absolute atomic E-state index is 0.0649. The summed E-state index contributed by atoms with van der Waals surface area (Å²) in [7, 11) is 2.55. The first-order valence-electron chi connectivity index (χ1n) is 12.7. The lowest BCUT2D eigenvalue weighted by molar-refractivity contribution is 0.213. The second kappa shape index (κ2) is 11.9. The van der Waals surface area contributed by atoms with Gasteiger partial charge in [0.05, 0.1) is 10.7 Å². The van der Waals surface area contributed by atoms with Crippen LogP contribution in [0.3, 0.4) is 0 Å². The molecule has 1 aliphatic rings. The highest BCUT2D eigenvalue weighted by atomic mass is 35.5. The summed E-state index contributed by atoms with van der Waals surface area (Å²) in [6.07, 6.45) is 0.635. The lowest BCUT2D eigenvalue weighted by Crippen LogP contribution is -2.12. The highest BCUT2D eigenvalue weighted by molar-refractivity contribution is 7.16. The van der Waals surface area contributed by atoms with E-state index >= 15 is 0 Å². The minimum atomic E-state index is -1.87. The zero-order valence-electron chi connectivity index (χ0n) is 22.5. The van der Waals surface area contributed by atoms with E-state index in [4.69, 9.17) is 34.8 Å². The Morgan fingerprint density at radius 1 is 0.927 bits per heavy atom. The monoisotopic (exact) mass is 637 g/mol. The molecule has 3 atom stereocenters. The SMILES string of the molecule is C=C(CP)Nc1ccc(C(=C)Nc2cc(NC(=C)C3C(c4ccc(F)c(C(C)(C)F)c4)C3(Cl)Cl)ccc2Cl)c(F)c1. The molecule has 4 rings (SSSR count). The van der Waals surface area contributed by atoms with Crippen LogP contribution in [-0.4, -0.2) is 10.5 Å². The van der Waals surface area contributed by atoms with Crippen LogP contribution in [0.1, 0.15) is 36.5 Å². The molecule has 3 nitrogen and oxygen atoms in total. The Hall–Kier alpha value is -2.63. The lowest BCUT2D eigenvalue weighted by Gasteiger charge is -2.17. The molecule has 0 aliphatic heterocycles. The van der Waals surface area contributed by atoms with Crippen molar-refractivity contribution in [1.82, 2.24) is 0 Å². The third-order valence-electron chi connectivity index (χ3n) is 6.84. The summed E-state index contributed by atoms with van der Waals surface area (Å²) in [5.41, 5.74) is 2.18. The largest absolute Gasteiger partial charge is 0.359 e. The number of benzene rings is 3. The van der Waals surface area contributed by atoms with Gasteiger partial charge in [0.2, 0.25) is 0 Å². The van der Waals surface area contributed by atoms with Gasteiger partial charge in [-0.15, -0.1) is 32.4 Å². The van der Waals surface area contributed by atoms with E-state index in [-0.39, 0.29) is 11.1 Å². The zero-order chi connectivity index (χ0) is 30.3. The summed E-state index contributed by atoms with van der Waals surface area (Å²) in [4.78, 5) is 0. The average molecular weight is 639 g/mol. The Morgan fingerprint density at radius 3 is 2.22 bits per heavy atom. The van der Waals surface area contributed by atoms with Crippen LogP contribution < -0.4 is 16.0 Å². The summed E-state index contributed by atoms with van der Waals surface area (Å²) in [6, 6.07) is 14.1. The third kappa shape index (κ3) is 6.89. The van der Waals surface area contributed by atoms with Crippen molar-refractivity contribution >= 4 is 66.8 Å². The van der Waals surface area contributed by atoms with Crippen LogP contribution in [0.5, 0.6) is 0 Å². The van der Waals surface area contributed by atoms with Gasteiger partial charge in [0, 0.05) is 57.6 Å². The molecular formula is C31H30Cl3F3N3P. The van der Waals surface area contributed by atoms with Crippen molar-refractivity contribution in [3.05, 3.63) is 119 Å². The number of hydrogen-bond acceptors (Lipinski definition) is 3. The maximum Gasteiger partial charge on any atom is 0.134 e. The Morgan fingerprint density at radius 2 is 1.59 bits per heavy atom. The molecule has 0 saturated heterocycles. The highest BCUT2D eigenvalue weighted by Gasteiger charge is 2.65. The highest BCUT2D eigenvalue weighted by Crippen LogP contribution is 2.67. The number of allylic oxidation sites excluding steroid dienone is 2. The van der Waals surface area contributed by atoms with Gasteiger partial charge in [0.1, 0.15) is 21.6 Å². The standard InChI is InChI=1S/C31H30Cl3F3N3P/c1-16(15-41)38-20-7-9-22(26(36)13-20)17(2)40-27-14-21(8-10-24(27)32)39-18(3)28-29(31(28,33)34)19-6-11-25(35)23(12-19)30(4,5)37/h6-14,28-29,38-40H,1-3,15,41H2,4-5H3. The first-order valence-corrected chi connectivity index (χ1v) is 14.6. The summed E-state index contributed by atoms with van der Waals surface area (Å²) in [6.45, 7) is 14.5. The van der Waals surface area contributed by atoms with E-state index in [9.17, 15) is 13.2 Å². The summed E-state index contributed by atoms with van der Waals surface area (Å²) in [5, 5.41) is 9.70. The molecule has 10 heteroatoms. The number of halogens is 6. The molecule has 0 radical (unpaired) electrons. The second-order valence-corrected chi connectivity index (χ2v) is 12.7. The smallest absolute Gasteiger partial charge is 0.134 e. The predicted molar refractivity (Wildman–Crippen MR) is 172 cm³/mol. The quantitative estimate of drug-likeness (QED) is 0.145. The predicted octanol–water partition coefficient (Wildman–Crippen LogP) is 10.2. The van der Waals surface area contributed by atoms with E-state index in [1.165, 1.54) is 32.0 Å². The first-order chi connectivity index (χ1) is 19.1. The van der Waals surface area contributed by atoms with Crippen LogP contribution in [0, 0.1) is 17.6 Å². The fraction of sp³-hybridized carbons (Fsp3) is 0.226. The van der Waals surface area contributed by atoms with E-state index in [1.54, 1.807) is 36.4 Å². The van der Waals surface area contributed by atoms with Gasteiger partial charge in [-0.1, -0.05) is 37.4 Å². The molecule has 1 aliphatic carbocycles. The van der Waals surface area contributed by atoms with Gasteiger partial charge >= 0.3 is 0 Å². The van der Waals surface area contributed by atoms with Crippen molar-refractivity contribution in [2.75, 3.05) is 22.1 Å². The molecule has 216 valence electrons. The van der Waals surface area contributed by atoms with Gasteiger partial charge in [-0.25, -0.2) is 13.2 Å². The van der Waals surface area contributed by atoms with Crippen molar-refractivity contribution in [1.29, 1.82) is 0 Å². The Labute approximate surface area is 256 Å². The van der Waals surface area contributed by atoms with Crippen LogP contribution in [0.4, 0.5) is 30.2 Å². The molecule has 0 heterocycles. The number of anilines is 3. The zero-order valence-corrected chi connectivity index (χ0v) is 25.9. The van der Waals surface area contributed by atoms with Gasteiger partial charge in [-0.3, -0.25) is 0 Å². The molecule has 3 N–H and O–H groups in total. The second-order valence-electron chi connectivity index (χ2n) is 10.4. The van der Waals surface area contributed by atoms with E-state index < -0.39 is 33.5 Å². The molecule has 1 saturated carbocycles. The van der Waals surface area contributed by atoms with Crippen LogP contribution >= 0.6 is 44.0 Å². The Balaban J connectivity index is 1.49. The minimum Gasteiger partial charge on any atom is -0.359 e. The van der Waals surface area contributed by atoms with Gasteiger partial charge in [-0.05, 0) is 67.9 Å². The number of alkyl halides is 3. The fourth-order valence-electron chi connectivity index (χ4n) is 4.65. The van der Waals surface area contributed by atoms with Crippen molar-refractivity contribution in [2.45, 2.75) is 29.8 Å². The molecule has 0 aromatic heterocycles. The van der Waals surface area contributed by atoms with Crippen molar-refractivity contribution in [3.8, 4) is 0 Å². The van der Waals surface area contributed by atoms with Crippen LogP contribution in [0.2, 0.25) is 5.02 Å². The summed E-state index contributed by atoms with van der Waals surface area (Å²) in [5.74, 6) is -1.96. The number of rotatable bonds is 11. The molecule has 0 spiro atoms. The summed E-state index contributed by atoms with van der Waals surface area (Å²) < 4.78 is 42.5. The topological polar surface area (TPSA) is 36.1 Å². The van der Waals surface area contributed by atoms with E-state index in [2.05, 4.69) is 44.9 Å². The molecule has 3 aromatic carbocycles. The molecule has 1 fully saturated rings. The Kier molecular flexibility index (Phi) is 9.11. The molecule has 0 bridgehead atoms. The lowest BCUT2D eigenvalue weighted by atomic mass is 9.95. The van der Waals surface area contributed by atoms with Crippen molar-refractivity contribution < 1.29 is 13.2 Å². The van der Waals surface area contributed by atoms with E-state index in [1.807, 2.05) is 0 Å². The van der Waals surface area contributed by atoms with Gasteiger partial charge < -0.3 is 16.0 Å². The van der Waals surface area contributed by atoms with Crippen molar-refractivity contribution in [2.24, 2.45) is 5.92 Å². The number of hydrogen-bond donors (Lipinski definition) is 3. The normalized spacial score (nSPS) is 17.5. The van der Waals surface area contributed by atoms with E-state index in [0.29, 0.717) is 45.2 Å². The first kappa shape index (κ1) is 31.3. The third-order valence-corrected chi connectivity index (χ3v) is 8.60. The summed E-state index contributed by atoms with van der Waals surface area (Å²) >= 11 is 19.7. The number of nitrogens with one attached hydrogen (secondary N) is 3. The van der Waals surface area contributed by atoms with Crippen LogP contribution in [-0.2, 0) is 5.67 Å². The Bertz CT molecular complexity index is 1530. The average Bonchev–Trinajstić information content (AvgIpc) is 3.47. The molecule has 3 aromatic rings. The maximum atomic E-state index is 14.9. The van der Waals surface area contributed by atoms with E-state index in [0.717, 1.165) is 5.70 Å². The van der Waals surface area contributed by atoms with Gasteiger partial charge in [0.25, 0.3) is 0 Å². The molecular weight excluding hydrogens is 609 g/mol. The van der Waals surface area contributed by atoms with Crippen molar-refractivity contribution in [3.63, 3.8) is 0 Å². The molecule has 3 unspecified atom stereocenters. The van der Waals surface area contributed by atoms with Crippen LogP contribution in [0.25, 0.3) is 5.70 Å². The fourth-order valence-corrected chi connectivity index (χ4v) is 5.81. The molecule has 41 heavy (non-hydrogen) atoms. The van der Waals surface area contributed by atoms with Crippen LogP contribution in [0.15, 0.2) is 85.7 Å². The maximum absolute atomic E-state index is 14.9. The van der Waals surface area contributed by atoms with Gasteiger partial charge in [-0.2, -0.15) is 0 Å². The molecule has 0 amide bonds. The van der Waals surface area contributed by atoms with Gasteiger partial charge in [0.15, 0.2) is 0 Å².